The summed E-state index contributed by atoms with van der Waals surface area (Å²) in [5, 5.41) is 1.05. The second-order valence-electron chi connectivity index (χ2n) is 4.62. The summed E-state index contributed by atoms with van der Waals surface area (Å²) in [4.78, 5) is 4.71. The van der Waals surface area contributed by atoms with Gasteiger partial charge in [-0.2, -0.15) is 0 Å². The van der Waals surface area contributed by atoms with Crippen LogP contribution >= 0.6 is 23.2 Å². The van der Waals surface area contributed by atoms with Gasteiger partial charge in [-0.25, -0.2) is 4.98 Å². The summed E-state index contributed by atoms with van der Waals surface area (Å²) in [6, 6.07) is 9.52. The normalized spacial score (nSPS) is 11.2. The van der Waals surface area contributed by atoms with Gasteiger partial charge in [0.05, 0.1) is 21.4 Å². The minimum atomic E-state index is 0.403. The number of fused-ring (bicyclic) bond motifs is 1. The molecule has 102 valence electrons. The molecule has 0 amide bonds. The van der Waals surface area contributed by atoms with Crippen LogP contribution in [-0.4, -0.2) is 9.38 Å². The monoisotopic (exact) mass is 305 g/mol. The average Bonchev–Trinajstić information content (AvgIpc) is 2.82. The van der Waals surface area contributed by atoms with Crippen molar-refractivity contribution < 1.29 is 0 Å². The van der Waals surface area contributed by atoms with Crippen molar-refractivity contribution in [1.29, 1.82) is 0 Å². The standard InChI is InChI=1S/C15H13Cl2N3/c1-9-3-2-6-20-13(8-18)14(19-15(9)20)10-4-5-11(16)12(17)7-10/h2-7H,8,18H2,1H3. The van der Waals surface area contributed by atoms with Crippen LogP contribution in [-0.2, 0) is 6.54 Å². The number of nitrogens with zero attached hydrogens (tertiary/aromatic N) is 2. The van der Waals surface area contributed by atoms with Gasteiger partial charge in [-0.15, -0.1) is 0 Å². The quantitative estimate of drug-likeness (QED) is 0.775. The van der Waals surface area contributed by atoms with Crippen LogP contribution in [0.25, 0.3) is 16.9 Å². The summed E-state index contributed by atoms with van der Waals surface area (Å²) in [7, 11) is 0. The van der Waals surface area contributed by atoms with E-state index in [0.29, 0.717) is 16.6 Å². The number of aromatic nitrogens is 2. The second-order valence-corrected chi connectivity index (χ2v) is 5.44. The van der Waals surface area contributed by atoms with Crippen LogP contribution in [0, 0.1) is 6.92 Å². The fourth-order valence-corrected chi connectivity index (χ4v) is 2.62. The molecule has 0 bridgehead atoms. The van der Waals surface area contributed by atoms with Crippen LogP contribution < -0.4 is 5.73 Å². The highest BCUT2D eigenvalue weighted by Gasteiger charge is 2.14. The average molecular weight is 306 g/mol. The smallest absolute Gasteiger partial charge is 0.140 e. The molecule has 5 heteroatoms. The van der Waals surface area contributed by atoms with Gasteiger partial charge in [0.2, 0.25) is 0 Å². The Labute approximate surface area is 127 Å². The molecule has 2 heterocycles. The lowest BCUT2D eigenvalue weighted by molar-refractivity contribution is 0.959. The number of aryl methyl sites for hydroxylation is 1. The van der Waals surface area contributed by atoms with Gasteiger partial charge in [0, 0.05) is 18.3 Å². The molecular weight excluding hydrogens is 293 g/mol. The van der Waals surface area contributed by atoms with E-state index in [0.717, 1.165) is 28.2 Å². The van der Waals surface area contributed by atoms with E-state index in [1.165, 1.54) is 0 Å². The number of hydrogen-bond acceptors (Lipinski definition) is 2. The minimum absolute atomic E-state index is 0.403. The third-order valence-corrected chi connectivity index (χ3v) is 4.07. The predicted octanol–water partition coefficient (Wildman–Crippen LogP) is 4.08. The van der Waals surface area contributed by atoms with Crippen molar-refractivity contribution in [2.45, 2.75) is 13.5 Å². The Morgan fingerprint density at radius 2 is 2.00 bits per heavy atom. The Balaban J connectivity index is 2.30. The van der Waals surface area contributed by atoms with Crippen molar-refractivity contribution in [1.82, 2.24) is 9.38 Å². The molecule has 0 atom stereocenters. The van der Waals surface area contributed by atoms with Crippen LogP contribution in [0.1, 0.15) is 11.3 Å². The Morgan fingerprint density at radius 3 is 2.70 bits per heavy atom. The van der Waals surface area contributed by atoms with E-state index in [2.05, 4.69) is 0 Å². The lowest BCUT2D eigenvalue weighted by Crippen LogP contribution is -2.02. The fourth-order valence-electron chi connectivity index (χ4n) is 2.32. The molecule has 1 aromatic carbocycles. The summed E-state index contributed by atoms with van der Waals surface area (Å²) in [6.45, 7) is 2.43. The van der Waals surface area contributed by atoms with Crippen LogP contribution in [0.2, 0.25) is 10.0 Å². The lowest BCUT2D eigenvalue weighted by atomic mass is 10.1. The molecule has 3 aromatic rings. The van der Waals surface area contributed by atoms with Gasteiger partial charge in [0.25, 0.3) is 0 Å². The number of nitrogens with two attached hydrogens (primary N) is 1. The third-order valence-electron chi connectivity index (χ3n) is 3.33. The predicted molar refractivity (Wildman–Crippen MR) is 83.3 cm³/mol. The summed E-state index contributed by atoms with van der Waals surface area (Å²) >= 11 is 12.1. The highest BCUT2D eigenvalue weighted by Crippen LogP contribution is 2.30. The Bertz CT molecular complexity index is 793. The number of halogens is 2. The van der Waals surface area contributed by atoms with Crippen molar-refractivity contribution in [3.8, 4) is 11.3 Å². The maximum absolute atomic E-state index is 6.09. The van der Waals surface area contributed by atoms with Crippen molar-refractivity contribution in [2.24, 2.45) is 5.73 Å². The number of pyridine rings is 1. The summed E-state index contributed by atoms with van der Waals surface area (Å²) < 4.78 is 2.02. The first kappa shape index (κ1) is 13.4. The van der Waals surface area contributed by atoms with Crippen LogP contribution in [0.15, 0.2) is 36.5 Å². The maximum Gasteiger partial charge on any atom is 0.140 e. The zero-order chi connectivity index (χ0) is 14.3. The van der Waals surface area contributed by atoms with E-state index in [-0.39, 0.29) is 0 Å². The molecule has 2 aromatic heterocycles. The van der Waals surface area contributed by atoms with Gasteiger partial charge in [-0.1, -0.05) is 35.3 Å². The molecule has 0 aliphatic rings. The fraction of sp³-hybridized carbons (Fsp3) is 0.133. The molecular formula is C15H13Cl2N3. The van der Waals surface area contributed by atoms with E-state index in [9.17, 15) is 0 Å². The van der Waals surface area contributed by atoms with Crippen molar-refractivity contribution in [2.75, 3.05) is 0 Å². The first-order valence-electron chi connectivity index (χ1n) is 6.24. The largest absolute Gasteiger partial charge is 0.325 e. The lowest BCUT2D eigenvalue weighted by Gasteiger charge is -2.04. The van der Waals surface area contributed by atoms with Gasteiger partial charge in [-0.05, 0) is 30.7 Å². The Morgan fingerprint density at radius 1 is 1.20 bits per heavy atom. The van der Waals surface area contributed by atoms with E-state index < -0.39 is 0 Å². The molecule has 0 unspecified atom stereocenters. The summed E-state index contributed by atoms with van der Waals surface area (Å²) in [5.41, 5.74) is 10.6. The van der Waals surface area contributed by atoms with E-state index >= 15 is 0 Å². The summed E-state index contributed by atoms with van der Waals surface area (Å²) in [5.74, 6) is 0. The van der Waals surface area contributed by atoms with Gasteiger partial charge in [0.1, 0.15) is 5.65 Å². The molecule has 0 fully saturated rings. The highest BCUT2D eigenvalue weighted by molar-refractivity contribution is 6.42. The Kier molecular flexibility index (Phi) is 3.42. The number of rotatable bonds is 2. The molecule has 0 aliphatic carbocycles. The third kappa shape index (κ3) is 2.08. The van der Waals surface area contributed by atoms with Crippen LogP contribution in [0.5, 0.6) is 0 Å². The van der Waals surface area contributed by atoms with E-state index in [1.807, 2.05) is 41.8 Å². The molecule has 0 radical (unpaired) electrons. The second kappa shape index (κ2) is 5.09. The zero-order valence-electron chi connectivity index (χ0n) is 10.9. The number of hydrogen-bond donors (Lipinski definition) is 1. The van der Waals surface area contributed by atoms with Crippen molar-refractivity contribution >= 4 is 28.8 Å². The molecule has 2 N–H and O–H groups in total. The molecule has 3 nitrogen and oxygen atoms in total. The Hall–Kier alpha value is -1.55. The molecule has 0 spiro atoms. The molecule has 0 saturated heterocycles. The molecule has 3 rings (SSSR count). The zero-order valence-corrected chi connectivity index (χ0v) is 12.4. The molecule has 20 heavy (non-hydrogen) atoms. The van der Waals surface area contributed by atoms with E-state index in [1.54, 1.807) is 6.07 Å². The minimum Gasteiger partial charge on any atom is -0.325 e. The maximum atomic E-state index is 6.09. The topological polar surface area (TPSA) is 43.3 Å². The van der Waals surface area contributed by atoms with Gasteiger partial charge < -0.3 is 10.1 Å². The van der Waals surface area contributed by atoms with Gasteiger partial charge in [-0.3, -0.25) is 0 Å². The SMILES string of the molecule is Cc1cccn2c(CN)c(-c3ccc(Cl)c(Cl)c3)nc12. The van der Waals surface area contributed by atoms with Gasteiger partial charge >= 0.3 is 0 Å². The number of benzene rings is 1. The first-order valence-corrected chi connectivity index (χ1v) is 6.99. The first-order chi connectivity index (χ1) is 9.61. The van der Waals surface area contributed by atoms with Crippen molar-refractivity contribution in [3.05, 3.63) is 57.8 Å². The highest BCUT2D eigenvalue weighted by atomic mass is 35.5. The number of imidazole rings is 1. The van der Waals surface area contributed by atoms with E-state index in [4.69, 9.17) is 33.9 Å². The summed E-state index contributed by atoms with van der Waals surface area (Å²) in [6.07, 6.45) is 1.97. The van der Waals surface area contributed by atoms with Crippen LogP contribution in [0.4, 0.5) is 0 Å². The van der Waals surface area contributed by atoms with Gasteiger partial charge in [0.15, 0.2) is 0 Å². The molecule has 0 saturated carbocycles. The van der Waals surface area contributed by atoms with Crippen LogP contribution in [0.3, 0.4) is 0 Å². The van der Waals surface area contributed by atoms with Crippen molar-refractivity contribution in [3.63, 3.8) is 0 Å². The molecule has 0 aliphatic heterocycles.